The summed E-state index contributed by atoms with van der Waals surface area (Å²) in [6.07, 6.45) is 4.41. The summed E-state index contributed by atoms with van der Waals surface area (Å²) in [4.78, 5) is 21.5. The molecule has 0 aromatic heterocycles. The number of aliphatic imine (C=N–C) groups is 1. The van der Waals surface area contributed by atoms with Crippen LogP contribution in [0.2, 0.25) is 0 Å². The SMILES string of the molecule is CCNC(=NCC(C)(C)C(=O)NC)N1CCN(C/C=C/c2ccccc2)CC1.I. The number of guanidine groups is 1. The molecular formula is C22H36IN5O. The van der Waals surface area contributed by atoms with Crippen molar-refractivity contribution in [2.24, 2.45) is 10.4 Å². The molecule has 0 atom stereocenters. The summed E-state index contributed by atoms with van der Waals surface area (Å²) in [6, 6.07) is 10.4. The molecule has 1 aliphatic rings. The minimum absolute atomic E-state index is 0. The van der Waals surface area contributed by atoms with Crippen LogP contribution in [0.15, 0.2) is 41.4 Å². The number of hydrogen-bond donors (Lipinski definition) is 2. The van der Waals surface area contributed by atoms with Crippen LogP contribution in [0, 0.1) is 5.41 Å². The third-order valence-corrected chi connectivity index (χ3v) is 4.95. The maximum absolute atomic E-state index is 12.0. The van der Waals surface area contributed by atoms with E-state index in [1.165, 1.54) is 5.56 Å². The molecule has 1 amide bonds. The van der Waals surface area contributed by atoms with E-state index in [0.717, 1.165) is 45.2 Å². The third kappa shape index (κ3) is 8.34. The first-order valence-corrected chi connectivity index (χ1v) is 10.2. The lowest BCUT2D eigenvalue weighted by Crippen LogP contribution is -2.52. The lowest BCUT2D eigenvalue weighted by Gasteiger charge is -2.36. The first kappa shape index (κ1) is 25.4. The van der Waals surface area contributed by atoms with Crippen LogP contribution in [0.25, 0.3) is 6.08 Å². The van der Waals surface area contributed by atoms with Gasteiger partial charge in [-0.2, -0.15) is 0 Å². The van der Waals surface area contributed by atoms with Crippen LogP contribution >= 0.6 is 24.0 Å². The molecule has 0 radical (unpaired) electrons. The fourth-order valence-corrected chi connectivity index (χ4v) is 3.15. The van der Waals surface area contributed by atoms with E-state index in [2.05, 4.69) is 63.8 Å². The number of halogens is 1. The van der Waals surface area contributed by atoms with E-state index in [9.17, 15) is 4.79 Å². The second-order valence-electron chi connectivity index (χ2n) is 7.73. The molecule has 7 heteroatoms. The number of carbonyl (C=O) groups is 1. The number of nitrogens with zero attached hydrogens (tertiary/aromatic N) is 3. The van der Waals surface area contributed by atoms with Crippen LogP contribution in [0.3, 0.4) is 0 Å². The maximum atomic E-state index is 12.0. The zero-order valence-corrected chi connectivity index (χ0v) is 20.5. The van der Waals surface area contributed by atoms with E-state index in [1.54, 1.807) is 7.05 Å². The van der Waals surface area contributed by atoms with Gasteiger partial charge in [0.1, 0.15) is 0 Å². The molecule has 0 saturated carbocycles. The van der Waals surface area contributed by atoms with Crippen molar-refractivity contribution < 1.29 is 4.79 Å². The predicted octanol–water partition coefficient (Wildman–Crippen LogP) is 2.67. The average molecular weight is 513 g/mol. The van der Waals surface area contributed by atoms with Crippen molar-refractivity contribution in [3.8, 4) is 0 Å². The summed E-state index contributed by atoms with van der Waals surface area (Å²) in [5.41, 5.74) is 0.723. The normalized spacial score (nSPS) is 15.9. The standard InChI is InChI=1S/C22H35N5O.HI/c1-5-24-21(25-18-22(2,3)20(28)23-4)27-16-14-26(15-17-27)13-9-12-19-10-7-6-8-11-19;/h6-12H,5,13-18H2,1-4H3,(H,23,28)(H,24,25);1H/b12-9+;. The maximum Gasteiger partial charge on any atom is 0.227 e. The van der Waals surface area contributed by atoms with Crippen molar-refractivity contribution in [1.29, 1.82) is 0 Å². The van der Waals surface area contributed by atoms with E-state index >= 15 is 0 Å². The lowest BCUT2D eigenvalue weighted by molar-refractivity contribution is -0.128. The Morgan fingerprint density at radius 3 is 2.41 bits per heavy atom. The summed E-state index contributed by atoms with van der Waals surface area (Å²) in [5.74, 6) is 0.918. The molecule has 1 aromatic carbocycles. The van der Waals surface area contributed by atoms with Crippen LogP contribution < -0.4 is 10.6 Å². The number of rotatable bonds is 7. The van der Waals surface area contributed by atoms with E-state index in [4.69, 9.17) is 4.99 Å². The topological polar surface area (TPSA) is 60.0 Å². The molecule has 1 heterocycles. The molecule has 2 N–H and O–H groups in total. The van der Waals surface area contributed by atoms with Gasteiger partial charge in [0.15, 0.2) is 5.96 Å². The average Bonchev–Trinajstić information content (AvgIpc) is 2.72. The van der Waals surface area contributed by atoms with Crippen LogP contribution in [-0.2, 0) is 4.79 Å². The highest BCUT2D eigenvalue weighted by atomic mass is 127. The molecule has 1 aliphatic heterocycles. The molecule has 1 saturated heterocycles. The number of amides is 1. The van der Waals surface area contributed by atoms with Gasteiger partial charge < -0.3 is 15.5 Å². The highest BCUT2D eigenvalue weighted by Gasteiger charge is 2.27. The Balaban J connectivity index is 0.00000420. The number of carbonyl (C=O) groups excluding carboxylic acids is 1. The zero-order valence-electron chi connectivity index (χ0n) is 18.1. The molecule has 0 spiro atoms. The molecular weight excluding hydrogens is 477 g/mol. The highest BCUT2D eigenvalue weighted by Crippen LogP contribution is 2.16. The van der Waals surface area contributed by atoms with E-state index in [1.807, 2.05) is 19.9 Å². The minimum Gasteiger partial charge on any atom is -0.359 e. The van der Waals surface area contributed by atoms with E-state index < -0.39 is 5.41 Å². The van der Waals surface area contributed by atoms with Crippen molar-refractivity contribution in [3.05, 3.63) is 42.0 Å². The number of hydrogen-bond acceptors (Lipinski definition) is 3. The molecule has 2 rings (SSSR count). The Morgan fingerprint density at radius 1 is 1.17 bits per heavy atom. The molecule has 0 unspecified atom stereocenters. The van der Waals surface area contributed by atoms with Gasteiger partial charge in [0.2, 0.25) is 5.91 Å². The van der Waals surface area contributed by atoms with Gasteiger partial charge in [-0.05, 0) is 26.3 Å². The quantitative estimate of drug-likeness (QED) is 0.335. The zero-order chi connectivity index (χ0) is 20.4. The smallest absolute Gasteiger partial charge is 0.227 e. The van der Waals surface area contributed by atoms with Crippen molar-refractivity contribution in [3.63, 3.8) is 0 Å². The summed E-state index contributed by atoms with van der Waals surface area (Å²) in [5, 5.41) is 6.10. The molecule has 162 valence electrons. The van der Waals surface area contributed by atoms with Gasteiger partial charge >= 0.3 is 0 Å². The summed E-state index contributed by atoms with van der Waals surface area (Å²) in [6.45, 7) is 12.0. The first-order valence-electron chi connectivity index (χ1n) is 10.2. The molecule has 1 fully saturated rings. The summed E-state index contributed by atoms with van der Waals surface area (Å²) < 4.78 is 0. The largest absolute Gasteiger partial charge is 0.359 e. The predicted molar refractivity (Wildman–Crippen MR) is 133 cm³/mol. The fraction of sp³-hybridized carbons (Fsp3) is 0.545. The molecule has 0 bridgehead atoms. The van der Waals surface area contributed by atoms with Gasteiger partial charge in [0.05, 0.1) is 12.0 Å². The van der Waals surface area contributed by atoms with Crippen LogP contribution in [0.1, 0.15) is 26.3 Å². The van der Waals surface area contributed by atoms with Gasteiger partial charge in [-0.3, -0.25) is 14.7 Å². The van der Waals surface area contributed by atoms with Crippen molar-refractivity contribution in [1.82, 2.24) is 20.4 Å². The monoisotopic (exact) mass is 513 g/mol. The second-order valence-corrected chi connectivity index (χ2v) is 7.73. The van der Waals surface area contributed by atoms with Crippen LogP contribution in [0.4, 0.5) is 0 Å². The van der Waals surface area contributed by atoms with Crippen LogP contribution in [0.5, 0.6) is 0 Å². The Morgan fingerprint density at radius 2 is 1.83 bits per heavy atom. The minimum atomic E-state index is -0.514. The highest BCUT2D eigenvalue weighted by molar-refractivity contribution is 14.0. The Hall–Kier alpha value is -1.61. The van der Waals surface area contributed by atoms with E-state index in [-0.39, 0.29) is 29.9 Å². The Labute approximate surface area is 192 Å². The first-order chi connectivity index (χ1) is 13.5. The summed E-state index contributed by atoms with van der Waals surface area (Å²) in [7, 11) is 1.67. The van der Waals surface area contributed by atoms with Crippen molar-refractivity contribution in [2.75, 3.05) is 52.9 Å². The fourth-order valence-electron chi connectivity index (χ4n) is 3.15. The van der Waals surface area contributed by atoms with Crippen molar-refractivity contribution in [2.45, 2.75) is 20.8 Å². The van der Waals surface area contributed by atoms with Gasteiger partial charge in [-0.25, -0.2) is 0 Å². The molecule has 29 heavy (non-hydrogen) atoms. The van der Waals surface area contributed by atoms with Gasteiger partial charge in [0, 0.05) is 46.3 Å². The number of nitrogens with one attached hydrogen (secondary N) is 2. The lowest BCUT2D eigenvalue weighted by atomic mass is 9.93. The van der Waals surface area contributed by atoms with Crippen LogP contribution in [-0.4, -0.2) is 74.5 Å². The Kier molecular flexibility index (Phi) is 11.3. The van der Waals surface area contributed by atoms with E-state index in [0.29, 0.717) is 6.54 Å². The number of benzene rings is 1. The molecule has 0 aliphatic carbocycles. The Bertz CT molecular complexity index is 667. The van der Waals surface area contributed by atoms with Gasteiger partial charge in [-0.15, -0.1) is 24.0 Å². The third-order valence-electron chi connectivity index (χ3n) is 4.95. The van der Waals surface area contributed by atoms with Crippen molar-refractivity contribution >= 4 is 41.9 Å². The molecule has 6 nitrogen and oxygen atoms in total. The van der Waals surface area contributed by atoms with Gasteiger partial charge in [-0.1, -0.05) is 42.5 Å². The molecule has 1 aromatic rings. The summed E-state index contributed by atoms with van der Waals surface area (Å²) >= 11 is 0. The van der Waals surface area contributed by atoms with Gasteiger partial charge in [0.25, 0.3) is 0 Å². The second kappa shape index (κ2) is 12.8. The number of piperazine rings is 1.